The van der Waals surface area contributed by atoms with E-state index in [1.807, 2.05) is 4.90 Å². The van der Waals surface area contributed by atoms with Crippen LogP contribution in [0.1, 0.15) is 50.2 Å². The smallest absolute Gasteiger partial charge is 0.256 e. The van der Waals surface area contributed by atoms with Crippen LogP contribution in [0.4, 0.5) is 4.39 Å². The van der Waals surface area contributed by atoms with Crippen molar-refractivity contribution in [2.24, 2.45) is 11.3 Å². The van der Waals surface area contributed by atoms with Gasteiger partial charge in [0.2, 0.25) is 5.91 Å². The first kappa shape index (κ1) is 18.4. The average molecular weight is 374 g/mol. The second-order valence-electron chi connectivity index (χ2n) is 8.50. The monoisotopic (exact) mass is 374 g/mol. The summed E-state index contributed by atoms with van der Waals surface area (Å²) >= 11 is 0. The number of piperidine rings is 2. The summed E-state index contributed by atoms with van der Waals surface area (Å²) in [6.07, 6.45) is 4.46. The average Bonchev–Trinajstić information content (AvgIpc) is 3.49. The number of hydrogen-bond donors (Lipinski definition) is 1. The van der Waals surface area contributed by atoms with Gasteiger partial charge in [-0.2, -0.15) is 0 Å². The second-order valence-corrected chi connectivity index (χ2v) is 8.50. The quantitative estimate of drug-likeness (QED) is 0.881. The Morgan fingerprint density at radius 1 is 1.19 bits per heavy atom. The molecule has 1 N–H and O–H groups in total. The normalized spacial score (nSPS) is 23.6. The molecule has 5 nitrogen and oxygen atoms in total. The highest BCUT2D eigenvalue weighted by Crippen LogP contribution is 2.42. The van der Waals surface area contributed by atoms with Crippen molar-refractivity contribution in [3.63, 3.8) is 0 Å². The molecule has 0 radical (unpaired) electrons. The first-order valence-electron chi connectivity index (χ1n) is 9.96. The Kier molecular flexibility index (Phi) is 4.93. The van der Waals surface area contributed by atoms with Gasteiger partial charge in [-0.25, -0.2) is 4.39 Å². The third kappa shape index (κ3) is 4.00. The zero-order valence-electron chi connectivity index (χ0n) is 15.6. The summed E-state index contributed by atoms with van der Waals surface area (Å²) in [5.74, 6) is 0.258. The molecule has 1 aromatic rings. The number of nitrogens with zero attached hydrogens (tertiary/aromatic N) is 2. The zero-order chi connectivity index (χ0) is 19.0. The van der Waals surface area contributed by atoms with Crippen molar-refractivity contribution >= 4 is 11.8 Å². The lowest BCUT2D eigenvalue weighted by Gasteiger charge is -2.47. The highest BCUT2D eigenvalue weighted by atomic mass is 19.1. The van der Waals surface area contributed by atoms with E-state index in [9.17, 15) is 19.1 Å². The summed E-state index contributed by atoms with van der Waals surface area (Å²) < 4.78 is 13.0. The van der Waals surface area contributed by atoms with Crippen molar-refractivity contribution in [2.45, 2.75) is 44.6 Å². The van der Waals surface area contributed by atoms with Crippen molar-refractivity contribution in [3.8, 4) is 0 Å². The van der Waals surface area contributed by atoms with E-state index in [4.69, 9.17) is 0 Å². The highest BCUT2D eigenvalue weighted by Gasteiger charge is 2.43. The third-order valence-electron chi connectivity index (χ3n) is 6.48. The fourth-order valence-electron chi connectivity index (χ4n) is 4.45. The number of carbonyl (C=O) groups excluding carboxylic acids is 2. The first-order valence-corrected chi connectivity index (χ1v) is 9.96. The van der Waals surface area contributed by atoms with Gasteiger partial charge in [-0.1, -0.05) is 12.1 Å². The number of rotatable bonds is 4. The van der Waals surface area contributed by atoms with E-state index in [0.29, 0.717) is 31.0 Å². The van der Waals surface area contributed by atoms with E-state index < -0.39 is 6.10 Å². The van der Waals surface area contributed by atoms with E-state index in [-0.39, 0.29) is 23.0 Å². The molecule has 0 bridgehead atoms. The number of likely N-dealkylation sites (tertiary alicyclic amines) is 2. The van der Waals surface area contributed by atoms with Crippen molar-refractivity contribution in [2.75, 3.05) is 26.2 Å². The van der Waals surface area contributed by atoms with Gasteiger partial charge < -0.3 is 14.9 Å². The third-order valence-corrected chi connectivity index (χ3v) is 6.48. The summed E-state index contributed by atoms with van der Waals surface area (Å²) in [5.41, 5.74) is 0.529. The van der Waals surface area contributed by atoms with Crippen molar-refractivity contribution in [3.05, 3.63) is 35.6 Å². The molecule has 0 aromatic heterocycles. The zero-order valence-corrected chi connectivity index (χ0v) is 15.6. The SMILES string of the molecule is O=C1CCC2(CCN(C(=O)[C@H](O)c3ccc(F)cc3)CC2)CN1CC1CC1. The number of carbonyl (C=O) groups is 2. The van der Waals surface area contributed by atoms with Crippen LogP contribution < -0.4 is 0 Å². The van der Waals surface area contributed by atoms with Crippen LogP contribution in [0.15, 0.2) is 24.3 Å². The number of amides is 2. The van der Waals surface area contributed by atoms with E-state index in [0.717, 1.165) is 32.4 Å². The Balaban J connectivity index is 1.35. The maximum Gasteiger partial charge on any atom is 0.256 e. The molecule has 2 aliphatic heterocycles. The second kappa shape index (κ2) is 7.23. The molecular weight excluding hydrogens is 347 g/mol. The maximum atomic E-state index is 13.0. The Morgan fingerprint density at radius 2 is 1.85 bits per heavy atom. The molecule has 2 saturated heterocycles. The van der Waals surface area contributed by atoms with Gasteiger partial charge in [0.25, 0.3) is 5.91 Å². The molecule has 2 heterocycles. The van der Waals surface area contributed by atoms with Crippen LogP contribution in [-0.4, -0.2) is 52.9 Å². The number of hydrogen-bond acceptors (Lipinski definition) is 3. The standard InChI is InChI=1S/C21H27FN2O3/c22-17-5-3-16(4-6-17)19(26)20(27)23-11-9-21(10-12-23)8-7-18(25)24(14-21)13-15-1-2-15/h3-6,15,19,26H,1-2,7-14H2/t19-/m1/s1. The fraction of sp³-hybridized carbons (Fsp3) is 0.619. The molecule has 2 amide bonds. The Morgan fingerprint density at radius 3 is 2.48 bits per heavy atom. The van der Waals surface area contributed by atoms with Crippen LogP contribution in [0.5, 0.6) is 0 Å². The minimum absolute atomic E-state index is 0.112. The predicted molar refractivity (Wildman–Crippen MR) is 98.1 cm³/mol. The number of halogens is 1. The summed E-state index contributed by atoms with van der Waals surface area (Å²) in [4.78, 5) is 28.6. The molecule has 3 aliphatic rings. The van der Waals surface area contributed by atoms with Crippen LogP contribution in [0.3, 0.4) is 0 Å². The lowest BCUT2D eigenvalue weighted by molar-refractivity contribution is -0.147. The largest absolute Gasteiger partial charge is 0.378 e. The maximum absolute atomic E-state index is 13.0. The predicted octanol–water partition coefficient (Wildman–Crippen LogP) is 2.50. The van der Waals surface area contributed by atoms with Crippen LogP contribution in [0.2, 0.25) is 0 Å². The summed E-state index contributed by atoms with van der Waals surface area (Å²) in [6, 6.07) is 5.41. The number of aliphatic hydroxyl groups is 1. The molecule has 4 rings (SSSR count). The minimum atomic E-state index is -1.25. The molecule has 1 saturated carbocycles. The molecule has 1 aromatic carbocycles. The summed E-state index contributed by atoms with van der Waals surface area (Å²) in [6.45, 7) is 2.91. The highest BCUT2D eigenvalue weighted by molar-refractivity contribution is 5.82. The Hall–Kier alpha value is -1.95. The van der Waals surface area contributed by atoms with E-state index in [1.165, 1.54) is 37.1 Å². The molecule has 1 aliphatic carbocycles. The van der Waals surface area contributed by atoms with Crippen molar-refractivity contribution in [1.82, 2.24) is 9.80 Å². The Labute approximate surface area is 159 Å². The van der Waals surface area contributed by atoms with E-state index >= 15 is 0 Å². The molecule has 27 heavy (non-hydrogen) atoms. The summed E-state index contributed by atoms with van der Waals surface area (Å²) in [5, 5.41) is 10.4. The lowest BCUT2D eigenvalue weighted by Crippen LogP contribution is -2.53. The molecule has 0 unspecified atom stereocenters. The van der Waals surface area contributed by atoms with Crippen LogP contribution in [0.25, 0.3) is 0 Å². The van der Waals surface area contributed by atoms with Crippen LogP contribution in [0, 0.1) is 17.2 Å². The van der Waals surface area contributed by atoms with Crippen molar-refractivity contribution < 1.29 is 19.1 Å². The molecular formula is C21H27FN2O3. The molecule has 6 heteroatoms. The number of aliphatic hydroxyl groups excluding tert-OH is 1. The molecule has 1 spiro atoms. The van der Waals surface area contributed by atoms with Gasteiger partial charge in [0.05, 0.1) is 0 Å². The van der Waals surface area contributed by atoms with Crippen molar-refractivity contribution in [1.29, 1.82) is 0 Å². The topological polar surface area (TPSA) is 60.9 Å². The lowest BCUT2D eigenvalue weighted by atomic mass is 9.72. The van der Waals surface area contributed by atoms with Crippen LogP contribution in [-0.2, 0) is 9.59 Å². The molecule has 146 valence electrons. The first-order chi connectivity index (χ1) is 13.0. The van der Waals surface area contributed by atoms with Gasteiger partial charge in [-0.3, -0.25) is 9.59 Å². The van der Waals surface area contributed by atoms with Gasteiger partial charge in [-0.05, 0) is 61.1 Å². The van der Waals surface area contributed by atoms with Gasteiger partial charge in [0.15, 0.2) is 6.10 Å². The van der Waals surface area contributed by atoms with Crippen LogP contribution >= 0.6 is 0 Å². The van der Waals surface area contributed by atoms with E-state index in [1.54, 1.807) is 4.90 Å². The van der Waals surface area contributed by atoms with Gasteiger partial charge in [0, 0.05) is 32.6 Å². The molecule has 3 fully saturated rings. The number of benzene rings is 1. The Bertz CT molecular complexity index is 709. The summed E-state index contributed by atoms with van der Waals surface area (Å²) in [7, 11) is 0. The fourth-order valence-corrected chi connectivity index (χ4v) is 4.45. The minimum Gasteiger partial charge on any atom is -0.378 e. The van der Waals surface area contributed by atoms with Gasteiger partial charge in [-0.15, -0.1) is 0 Å². The molecule has 1 atom stereocenters. The van der Waals surface area contributed by atoms with E-state index in [2.05, 4.69) is 0 Å². The van der Waals surface area contributed by atoms with Gasteiger partial charge >= 0.3 is 0 Å². The van der Waals surface area contributed by atoms with Gasteiger partial charge in [0.1, 0.15) is 5.82 Å².